The summed E-state index contributed by atoms with van der Waals surface area (Å²) in [4.78, 5) is 29.6. The molecule has 1 heterocycles. The first kappa shape index (κ1) is 23.0. The van der Waals surface area contributed by atoms with E-state index in [4.69, 9.17) is 9.47 Å². The van der Waals surface area contributed by atoms with Crippen LogP contribution in [0.5, 0.6) is 0 Å². The number of rotatable bonds is 11. The quantitative estimate of drug-likeness (QED) is 0.559. The van der Waals surface area contributed by atoms with Gasteiger partial charge in [-0.05, 0) is 26.2 Å². The maximum atomic E-state index is 12.6. The van der Waals surface area contributed by atoms with Crippen LogP contribution in [0.2, 0.25) is 0 Å². The third-order valence-corrected chi connectivity index (χ3v) is 5.18. The molecule has 2 atom stereocenters. The van der Waals surface area contributed by atoms with Crippen molar-refractivity contribution < 1.29 is 19.1 Å². The molecule has 7 heteroatoms. The molecule has 1 aromatic carbocycles. The van der Waals surface area contributed by atoms with Crippen LogP contribution in [0.1, 0.15) is 39.8 Å². The van der Waals surface area contributed by atoms with Gasteiger partial charge in [0.2, 0.25) is 0 Å². The van der Waals surface area contributed by atoms with Crippen molar-refractivity contribution in [2.24, 2.45) is 5.92 Å². The number of aromatic nitrogens is 1. The molecule has 0 fully saturated rings. The summed E-state index contributed by atoms with van der Waals surface area (Å²) in [6.07, 6.45) is 0.914. The van der Waals surface area contributed by atoms with Crippen LogP contribution in [0.25, 0.3) is 10.6 Å². The van der Waals surface area contributed by atoms with Crippen molar-refractivity contribution >= 4 is 23.3 Å². The van der Waals surface area contributed by atoms with Crippen molar-refractivity contribution in [1.29, 1.82) is 0 Å². The van der Waals surface area contributed by atoms with Crippen LogP contribution >= 0.6 is 11.3 Å². The van der Waals surface area contributed by atoms with Gasteiger partial charge in [-0.25, -0.2) is 4.98 Å². The highest BCUT2D eigenvalue weighted by Crippen LogP contribution is 2.24. The van der Waals surface area contributed by atoms with Crippen LogP contribution in [0.4, 0.5) is 0 Å². The van der Waals surface area contributed by atoms with Gasteiger partial charge in [-0.3, -0.25) is 14.9 Å². The Morgan fingerprint density at radius 1 is 1.03 bits per heavy atom. The first-order chi connectivity index (χ1) is 13.9. The lowest BCUT2D eigenvalue weighted by atomic mass is 10.0. The second-order valence-electron chi connectivity index (χ2n) is 7.12. The molecule has 0 saturated heterocycles. The predicted octanol–water partition coefficient (Wildman–Crippen LogP) is 3.85. The van der Waals surface area contributed by atoms with Crippen molar-refractivity contribution in [2.45, 2.75) is 52.6 Å². The molecule has 2 aromatic rings. The number of hydrogen-bond donors (Lipinski definition) is 1. The SMILES string of the molecule is CCOC(=O)C(Cc1csc(-c2ccccc2)n1)NC(CC(C)C)C(=O)OCC. The summed E-state index contributed by atoms with van der Waals surface area (Å²) in [6, 6.07) is 8.66. The van der Waals surface area contributed by atoms with Crippen LogP contribution in [0, 0.1) is 5.92 Å². The Bertz CT molecular complexity index is 776. The molecule has 29 heavy (non-hydrogen) atoms. The van der Waals surface area contributed by atoms with Crippen LogP contribution in [-0.4, -0.2) is 42.2 Å². The highest BCUT2D eigenvalue weighted by molar-refractivity contribution is 7.13. The molecule has 6 nitrogen and oxygen atoms in total. The Balaban J connectivity index is 2.18. The highest BCUT2D eigenvalue weighted by Gasteiger charge is 2.29. The van der Waals surface area contributed by atoms with E-state index in [0.29, 0.717) is 19.4 Å². The summed E-state index contributed by atoms with van der Waals surface area (Å²) >= 11 is 1.53. The molecule has 1 aromatic heterocycles. The lowest BCUT2D eigenvalue weighted by molar-refractivity contribution is -0.149. The maximum Gasteiger partial charge on any atom is 0.323 e. The number of benzene rings is 1. The Morgan fingerprint density at radius 2 is 1.66 bits per heavy atom. The summed E-state index contributed by atoms with van der Waals surface area (Å²) in [7, 11) is 0. The summed E-state index contributed by atoms with van der Waals surface area (Å²) in [5.41, 5.74) is 1.82. The number of ether oxygens (including phenoxy) is 2. The van der Waals surface area contributed by atoms with Gasteiger partial charge in [-0.15, -0.1) is 11.3 Å². The summed E-state index contributed by atoms with van der Waals surface area (Å²) in [6.45, 7) is 8.17. The lowest BCUT2D eigenvalue weighted by Gasteiger charge is -2.24. The number of nitrogens with zero attached hydrogens (tertiary/aromatic N) is 1. The van der Waals surface area contributed by atoms with Gasteiger partial charge in [0, 0.05) is 17.4 Å². The van der Waals surface area contributed by atoms with E-state index < -0.39 is 12.1 Å². The van der Waals surface area contributed by atoms with Gasteiger partial charge in [-0.2, -0.15) is 0 Å². The normalized spacial score (nSPS) is 13.1. The van der Waals surface area contributed by atoms with E-state index in [1.807, 2.05) is 49.6 Å². The first-order valence-corrected chi connectivity index (χ1v) is 10.9. The predicted molar refractivity (Wildman–Crippen MR) is 115 cm³/mol. The summed E-state index contributed by atoms with van der Waals surface area (Å²) < 4.78 is 10.4. The number of esters is 2. The van der Waals surface area contributed by atoms with Crippen LogP contribution in [0.15, 0.2) is 35.7 Å². The standard InChI is InChI=1S/C22H30N2O4S/c1-5-27-21(25)18(12-15(3)4)24-19(22(26)28-6-2)13-17-14-29-20(23-17)16-10-8-7-9-11-16/h7-11,14-15,18-19,24H,5-6,12-13H2,1-4H3. The Kier molecular flexibility index (Phi) is 9.28. The molecule has 0 spiro atoms. The lowest BCUT2D eigenvalue weighted by Crippen LogP contribution is -2.50. The second kappa shape index (κ2) is 11.7. The second-order valence-corrected chi connectivity index (χ2v) is 7.98. The first-order valence-electron chi connectivity index (χ1n) is 10.0. The van der Waals surface area contributed by atoms with Crippen LogP contribution in [0.3, 0.4) is 0 Å². The summed E-state index contributed by atoms with van der Waals surface area (Å²) in [5, 5.41) is 6.01. The molecular weight excluding hydrogens is 388 g/mol. The van der Waals surface area contributed by atoms with Crippen molar-refractivity contribution in [3.05, 3.63) is 41.4 Å². The molecular formula is C22H30N2O4S. The maximum absolute atomic E-state index is 12.6. The number of hydrogen-bond acceptors (Lipinski definition) is 7. The monoisotopic (exact) mass is 418 g/mol. The molecule has 0 bridgehead atoms. The Morgan fingerprint density at radius 3 is 2.24 bits per heavy atom. The minimum absolute atomic E-state index is 0.267. The van der Waals surface area contributed by atoms with Gasteiger partial charge in [0.15, 0.2) is 0 Å². The van der Waals surface area contributed by atoms with E-state index in [9.17, 15) is 9.59 Å². The van der Waals surface area contributed by atoms with E-state index in [0.717, 1.165) is 16.3 Å². The molecule has 0 amide bonds. The van der Waals surface area contributed by atoms with E-state index >= 15 is 0 Å². The molecule has 158 valence electrons. The zero-order valence-corrected chi connectivity index (χ0v) is 18.3. The van der Waals surface area contributed by atoms with Gasteiger partial charge in [0.25, 0.3) is 0 Å². The van der Waals surface area contributed by atoms with E-state index in [-0.39, 0.29) is 24.5 Å². The zero-order chi connectivity index (χ0) is 21.2. The molecule has 0 aliphatic rings. The Labute approximate surface area is 176 Å². The van der Waals surface area contributed by atoms with Crippen molar-refractivity contribution in [3.8, 4) is 10.6 Å². The molecule has 0 radical (unpaired) electrons. The van der Waals surface area contributed by atoms with Crippen LogP contribution < -0.4 is 5.32 Å². The van der Waals surface area contributed by atoms with Gasteiger partial charge in [0.05, 0.1) is 18.9 Å². The number of carbonyl (C=O) groups is 2. The fourth-order valence-corrected chi connectivity index (χ4v) is 3.80. The van der Waals surface area contributed by atoms with E-state index in [1.165, 1.54) is 11.3 Å². The van der Waals surface area contributed by atoms with Gasteiger partial charge in [-0.1, -0.05) is 44.2 Å². The average molecular weight is 419 g/mol. The molecule has 2 unspecified atom stereocenters. The number of nitrogens with one attached hydrogen (secondary N) is 1. The smallest absolute Gasteiger partial charge is 0.323 e. The molecule has 0 saturated carbocycles. The summed E-state index contributed by atoms with van der Waals surface area (Å²) in [5.74, 6) is -0.470. The average Bonchev–Trinajstić information content (AvgIpc) is 3.16. The fourth-order valence-electron chi connectivity index (χ4n) is 2.97. The Hall–Kier alpha value is -2.25. The van der Waals surface area contributed by atoms with Gasteiger partial charge < -0.3 is 9.47 Å². The van der Waals surface area contributed by atoms with Crippen molar-refractivity contribution in [2.75, 3.05) is 13.2 Å². The minimum atomic E-state index is -0.672. The van der Waals surface area contributed by atoms with Crippen LogP contribution in [-0.2, 0) is 25.5 Å². The van der Waals surface area contributed by atoms with Gasteiger partial charge >= 0.3 is 11.9 Å². The molecule has 0 aliphatic carbocycles. The van der Waals surface area contributed by atoms with E-state index in [2.05, 4.69) is 10.3 Å². The third kappa shape index (κ3) is 7.25. The molecule has 1 N–H and O–H groups in total. The largest absolute Gasteiger partial charge is 0.465 e. The van der Waals surface area contributed by atoms with E-state index in [1.54, 1.807) is 13.8 Å². The third-order valence-electron chi connectivity index (χ3n) is 4.24. The van der Waals surface area contributed by atoms with Crippen molar-refractivity contribution in [3.63, 3.8) is 0 Å². The fraction of sp³-hybridized carbons (Fsp3) is 0.500. The highest BCUT2D eigenvalue weighted by atomic mass is 32.1. The topological polar surface area (TPSA) is 77.5 Å². The number of carbonyl (C=O) groups excluding carboxylic acids is 2. The number of thiazole rings is 1. The van der Waals surface area contributed by atoms with Gasteiger partial charge in [0.1, 0.15) is 17.1 Å². The molecule has 2 rings (SSSR count). The van der Waals surface area contributed by atoms with Crippen molar-refractivity contribution in [1.82, 2.24) is 10.3 Å². The molecule has 0 aliphatic heterocycles. The minimum Gasteiger partial charge on any atom is -0.465 e. The zero-order valence-electron chi connectivity index (χ0n) is 17.5.